The molecule has 2 aromatic carbocycles. The molecule has 1 aliphatic carbocycles. The average Bonchev–Trinajstić information content (AvgIpc) is 2.72. The maximum atomic E-state index is 12.7. The summed E-state index contributed by atoms with van der Waals surface area (Å²) < 4.78 is 27.9. The SMILES string of the molecule is NC(=O)CNC(=O)c1cccc(NS(=O)(=O)c2ccc(C3CCCCC3)cc2)c1. The van der Waals surface area contributed by atoms with E-state index in [0.29, 0.717) is 5.92 Å². The van der Waals surface area contributed by atoms with Crippen LogP contribution in [-0.2, 0) is 14.8 Å². The lowest BCUT2D eigenvalue weighted by molar-refractivity contribution is -0.117. The van der Waals surface area contributed by atoms with Gasteiger partial charge in [0.2, 0.25) is 5.91 Å². The number of nitrogens with one attached hydrogen (secondary N) is 2. The normalized spacial score (nSPS) is 14.9. The van der Waals surface area contributed by atoms with E-state index in [1.54, 1.807) is 24.3 Å². The van der Waals surface area contributed by atoms with Crippen LogP contribution < -0.4 is 15.8 Å². The van der Waals surface area contributed by atoms with Gasteiger partial charge in [0.15, 0.2) is 0 Å². The number of nitrogens with two attached hydrogens (primary N) is 1. The molecule has 154 valence electrons. The van der Waals surface area contributed by atoms with Gasteiger partial charge in [0.1, 0.15) is 0 Å². The van der Waals surface area contributed by atoms with Crippen LogP contribution in [0.5, 0.6) is 0 Å². The third-order valence-corrected chi connectivity index (χ3v) is 6.46. The zero-order valence-electron chi connectivity index (χ0n) is 16.1. The number of carbonyl (C=O) groups excluding carboxylic acids is 2. The van der Waals surface area contributed by atoms with Crippen LogP contribution in [0.2, 0.25) is 0 Å². The van der Waals surface area contributed by atoms with Gasteiger partial charge in [0.25, 0.3) is 15.9 Å². The van der Waals surface area contributed by atoms with E-state index in [4.69, 9.17) is 5.73 Å². The molecule has 4 N–H and O–H groups in total. The van der Waals surface area contributed by atoms with Crippen LogP contribution in [0, 0.1) is 0 Å². The van der Waals surface area contributed by atoms with Crippen LogP contribution in [0.25, 0.3) is 0 Å². The quantitative estimate of drug-likeness (QED) is 0.644. The Morgan fingerprint density at radius 3 is 2.34 bits per heavy atom. The largest absolute Gasteiger partial charge is 0.368 e. The van der Waals surface area contributed by atoms with Crippen molar-refractivity contribution in [2.45, 2.75) is 42.9 Å². The second-order valence-corrected chi connectivity index (χ2v) is 8.92. The summed E-state index contributed by atoms with van der Waals surface area (Å²) in [5.41, 5.74) is 6.67. The Kier molecular flexibility index (Phi) is 6.53. The van der Waals surface area contributed by atoms with Gasteiger partial charge in [-0.05, 0) is 54.7 Å². The predicted molar refractivity (Wildman–Crippen MR) is 111 cm³/mol. The molecule has 3 rings (SSSR count). The summed E-state index contributed by atoms with van der Waals surface area (Å²) in [5, 5.41) is 2.37. The lowest BCUT2D eigenvalue weighted by Crippen LogP contribution is -2.33. The Balaban J connectivity index is 1.71. The number of sulfonamides is 1. The number of anilines is 1. The Labute approximate surface area is 170 Å². The molecule has 0 radical (unpaired) electrons. The molecule has 2 aromatic rings. The Morgan fingerprint density at radius 2 is 1.69 bits per heavy atom. The van der Waals surface area contributed by atoms with E-state index in [1.807, 2.05) is 12.1 Å². The highest BCUT2D eigenvalue weighted by molar-refractivity contribution is 7.92. The molecule has 1 fully saturated rings. The molecule has 0 aliphatic heterocycles. The van der Waals surface area contributed by atoms with Crippen molar-refractivity contribution in [1.82, 2.24) is 5.32 Å². The lowest BCUT2D eigenvalue weighted by atomic mass is 9.84. The first-order chi connectivity index (χ1) is 13.8. The zero-order valence-corrected chi connectivity index (χ0v) is 16.9. The summed E-state index contributed by atoms with van der Waals surface area (Å²) >= 11 is 0. The maximum absolute atomic E-state index is 12.7. The van der Waals surface area contributed by atoms with E-state index in [9.17, 15) is 18.0 Å². The van der Waals surface area contributed by atoms with E-state index in [0.717, 1.165) is 12.8 Å². The molecule has 7 nitrogen and oxygen atoms in total. The first-order valence-electron chi connectivity index (χ1n) is 9.64. The predicted octanol–water partition coefficient (Wildman–Crippen LogP) is 2.75. The summed E-state index contributed by atoms with van der Waals surface area (Å²) in [6, 6.07) is 13.1. The topological polar surface area (TPSA) is 118 Å². The standard InChI is InChI=1S/C21H25N3O4S/c22-20(25)14-23-21(26)17-7-4-8-18(13-17)24-29(27,28)19-11-9-16(10-12-19)15-5-2-1-3-6-15/h4,7-13,15,24H,1-3,5-6,14H2,(H2,22,25)(H,23,26). The van der Waals surface area contributed by atoms with Crippen molar-refractivity contribution in [2.75, 3.05) is 11.3 Å². The first-order valence-corrected chi connectivity index (χ1v) is 11.1. The molecule has 0 unspecified atom stereocenters. The number of primary amides is 1. The van der Waals surface area contributed by atoms with Crippen molar-refractivity contribution in [3.8, 4) is 0 Å². The van der Waals surface area contributed by atoms with Gasteiger partial charge >= 0.3 is 0 Å². The Bertz CT molecular complexity index is 981. The minimum atomic E-state index is -3.78. The van der Waals surface area contributed by atoms with Gasteiger partial charge in [-0.1, -0.05) is 37.5 Å². The van der Waals surface area contributed by atoms with Gasteiger partial charge in [-0.25, -0.2) is 8.42 Å². The van der Waals surface area contributed by atoms with E-state index < -0.39 is 21.8 Å². The Morgan fingerprint density at radius 1 is 1.00 bits per heavy atom. The van der Waals surface area contributed by atoms with Crippen molar-refractivity contribution < 1.29 is 18.0 Å². The van der Waals surface area contributed by atoms with Crippen LogP contribution in [0.1, 0.15) is 53.9 Å². The average molecular weight is 416 g/mol. The molecule has 0 aromatic heterocycles. The fourth-order valence-corrected chi connectivity index (χ4v) is 4.61. The summed E-state index contributed by atoms with van der Waals surface area (Å²) in [7, 11) is -3.78. The minimum absolute atomic E-state index is 0.167. The highest BCUT2D eigenvalue weighted by atomic mass is 32.2. The summed E-state index contributed by atoms with van der Waals surface area (Å²) in [6.45, 7) is -0.290. The third-order valence-electron chi connectivity index (χ3n) is 5.07. The van der Waals surface area contributed by atoms with E-state index in [-0.39, 0.29) is 22.7 Å². The van der Waals surface area contributed by atoms with Gasteiger partial charge < -0.3 is 11.1 Å². The molecule has 1 aliphatic rings. The van der Waals surface area contributed by atoms with Crippen molar-refractivity contribution in [3.63, 3.8) is 0 Å². The van der Waals surface area contributed by atoms with Gasteiger partial charge in [-0.3, -0.25) is 14.3 Å². The first kappa shape index (κ1) is 20.9. The number of amides is 2. The van der Waals surface area contributed by atoms with Gasteiger partial charge in [0.05, 0.1) is 11.4 Å². The highest BCUT2D eigenvalue weighted by Gasteiger charge is 2.18. The monoisotopic (exact) mass is 415 g/mol. The van der Waals surface area contributed by atoms with Crippen molar-refractivity contribution in [3.05, 3.63) is 59.7 Å². The van der Waals surface area contributed by atoms with Crippen LogP contribution in [-0.4, -0.2) is 26.8 Å². The number of rotatable bonds is 7. The van der Waals surface area contributed by atoms with Gasteiger partial charge in [-0.15, -0.1) is 0 Å². The van der Waals surface area contributed by atoms with Gasteiger partial charge in [-0.2, -0.15) is 0 Å². The number of hydrogen-bond acceptors (Lipinski definition) is 4. The van der Waals surface area contributed by atoms with E-state index in [2.05, 4.69) is 10.0 Å². The van der Waals surface area contributed by atoms with Crippen LogP contribution in [0.15, 0.2) is 53.4 Å². The molecule has 0 heterocycles. The van der Waals surface area contributed by atoms with E-state index >= 15 is 0 Å². The molecule has 0 atom stereocenters. The summed E-state index contributed by atoms with van der Waals surface area (Å²) in [5.74, 6) is -0.669. The second kappa shape index (κ2) is 9.09. The number of hydrogen-bond donors (Lipinski definition) is 3. The fourth-order valence-electron chi connectivity index (χ4n) is 3.56. The van der Waals surface area contributed by atoms with Crippen LogP contribution >= 0.6 is 0 Å². The number of carbonyl (C=O) groups is 2. The minimum Gasteiger partial charge on any atom is -0.368 e. The molecule has 2 amide bonds. The van der Waals surface area contributed by atoms with Crippen LogP contribution in [0.3, 0.4) is 0 Å². The van der Waals surface area contributed by atoms with Crippen molar-refractivity contribution in [1.29, 1.82) is 0 Å². The van der Waals surface area contributed by atoms with Gasteiger partial charge in [0, 0.05) is 11.3 Å². The Hall–Kier alpha value is -2.87. The molecule has 0 saturated heterocycles. The molecular formula is C21H25N3O4S. The second-order valence-electron chi connectivity index (χ2n) is 7.24. The number of benzene rings is 2. The van der Waals surface area contributed by atoms with E-state index in [1.165, 1.54) is 37.0 Å². The third kappa shape index (κ3) is 5.57. The molecule has 0 bridgehead atoms. The smallest absolute Gasteiger partial charge is 0.261 e. The molecule has 1 saturated carbocycles. The van der Waals surface area contributed by atoms with Crippen molar-refractivity contribution in [2.24, 2.45) is 5.73 Å². The summed E-state index contributed by atoms with van der Waals surface area (Å²) in [4.78, 5) is 23.0. The zero-order chi connectivity index (χ0) is 20.9. The lowest BCUT2D eigenvalue weighted by Gasteiger charge is -2.22. The molecular weight excluding hydrogens is 390 g/mol. The molecule has 0 spiro atoms. The fraction of sp³-hybridized carbons (Fsp3) is 0.333. The van der Waals surface area contributed by atoms with Crippen molar-refractivity contribution >= 4 is 27.5 Å². The maximum Gasteiger partial charge on any atom is 0.261 e. The van der Waals surface area contributed by atoms with Crippen LogP contribution in [0.4, 0.5) is 5.69 Å². The molecule has 8 heteroatoms. The summed E-state index contributed by atoms with van der Waals surface area (Å²) in [6.07, 6.45) is 6.00. The molecule has 29 heavy (non-hydrogen) atoms. The highest BCUT2D eigenvalue weighted by Crippen LogP contribution is 2.33.